The summed E-state index contributed by atoms with van der Waals surface area (Å²) in [6.45, 7) is 0. The van der Waals surface area contributed by atoms with Crippen molar-refractivity contribution in [2.45, 2.75) is 6.42 Å². The molecule has 0 bridgehead atoms. The van der Waals surface area contributed by atoms with E-state index >= 15 is 0 Å². The molecule has 2 aromatic heterocycles. The third-order valence-corrected chi connectivity index (χ3v) is 5.88. The standard InChI is InChI=1S/C10H5Br3OS2/c11-8-2-1-5(15-8)3-7(14)6-4-9(12)16-10(6)13/h1-2,4H,3H2. The van der Waals surface area contributed by atoms with Crippen LogP contribution in [0.5, 0.6) is 0 Å². The van der Waals surface area contributed by atoms with Crippen LogP contribution in [0.4, 0.5) is 0 Å². The first-order chi connectivity index (χ1) is 7.56. The predicted molar refractivity (Wildman–Crippen MR) is 79.8 cm³/mol. The Morgan fingerprint density at radius 1 is 1.12 bits per heavy atom. The first-order valence-electron chi connectivity index (χ1n) is 4.28. The van der Waals surface area contributed by atoms with Crippen LogP contribution in [0.15, 0.2) is 29.6 Å². The van der Waals surface area contributed by atoms with Crippen LogP contribution in [0.3, 0.4) is 0 Å². The van der Waals surface area contributed by atoms with Gasteiger partial charge in [0.25, 0.3) is 0 Å². The highest BCUT2D eigenvalue weighted by atomic mass is 79.9. The van der Waals surface area contributed by atoms with Crippen LogP contribution < -0.4 is 0 Å². The van der Waals surface area contributed by atoms with E-state index in [0.717, 1.165) is 21.8 Å². The molecule has 0 unspecified atom stereocenters. The molecule has 0 aromatic carbocycles. The number of Topliss-reactive ketones (excluding diaryl/α,β-unsaturated/α-hetero) is 1. The van der Waals surface area contributed by atoms with Crippen LogP contribution >= 0.6 is 70.5 Å². The molecule has 2 aromatic rings. The second kappa shape index (κ2) is 5.44. The fourth-order valence-corrected chi connectivity index (χ4v) is 5.57. The van der Waals surface area contributed by atoms with Gasteiger partial charge in [0.1, 0.15) is 0 Å². The first-order valence-corrected chi connectivity index (χ1v) is 8.29. The van der Waals surface area contributed by atoms with Gasteiger partial charge < -0.3 is 0 Å². The Hall–Kier alpha value is 0.510. The van der Waals surface area contributed by atoms with E-state index in [1.54, 1.807) is 11.3 Å². The molecule has 0 N–H and O–H groups in total. The summed E-state index contributed by atoms with van der Waals surface area (Å²) in [4.78, 5) is 13.1. The Morgan fingerprint density at radius 2 is 1.88 bits per heavy atom. The summed E-state index contributed by atoms with van der Waals surface area (Å²) in [7, 11) is 0. The normalized spacial score (nSPS) is 10.7. The van der Waals surface area contributed by atoms with Crippen molar-refractivity contribution in [2.75, 3.05) is 0 Å². The second-order valence-corrected chi connectivity index (χ2v) is 9.34. The zero-order valence-electron chi connectivity index (χ0n) is 7.80. The predicted octanol–water partition coefficient (Wildman–Crippen LogP) is 5.52. The van der Waals surface area contributed by atoms with Gasteiger partial charge in [-0.15, -0.1) is 22.7 Å². The van der Waals surface area contributed by atoms with Gasteiger partial charge in [-0.2, -0.15) is 0 Å². The minimum atomic E-state index is 0.142. The van der Waals surface area contributed by atoms with Gasteiger partial charge in [0.15, 0.2) is 5.78 Å². The fourth-order valence-electron chi connectivity index (χ4n) is 1.23. The van der Waals surface area contributed by atoms with E-state index in [-0.39, 0.29) is 5.78 Å². The molecule has 0 saturated carbocycles. The van der Waals surface area contributed by atoms with Crippen LogP contribution in [-0.4, -0.2) is 5.78 Å². The lowest BCUT2D eigenvalue weighted by Crippen LogP contribution is -2.00. The van der Waals surface area contributed by atoms with E-state index in [1.807, 2.05) is 18.2 Å². The smallest absolute Gasteiger partial charge is 0.170 e. The molecule has 0 spiro atoms. The van der Waals surface area contributed by atoms with Crippen molar-refractivity contribution in [3.8, 4) is 0 Å². The molecule has 16 heavy (non-hydrogen) atoms. The van der Waals surface area contributed by atoms with Gasteiger partial charge in [0, 0.05) is 16.9 Å². The highest BCUT2D eigenvalue weighted by Gasteiger charge is 2.14. The summed E-state index contributed by atoms with van der Waals surface area (Å²) >= 11 is 13.3. The largest absolute Gasteiger partial charge is 0.294 e. The van der Waals surface area contributed by atoms with E-state index in [1.165, 1.54) is 11.3 Å². The molecule has 1 nitrogen and oxygen atoms in total. The Labute approximate surface area is 126 Å². The molecule has 0 radical (unpaired) electrons. The summed E-state index contributed by atoms with van der Waals surface area (Å²) in [6, 6.07) is 5.80. The van der Waals surface area contributed by atoms with Crippen LogP contribution in [0.25, 0.3) is 0 Å². The monoisotopic (exact) mass is 442 g/mol. The third-order valence-electron chi connectivity index (χ3n) is 1.92. The Bertz CT molecular complexity index is 530. The fraction of sp³-hybridized carbons (Fsp3) is 0.100. The van der Waals surface area contributed by atoms with Gasteiger partial charge in [-0.3, -0.25) is 4.79 Å². The first kappa shape index (κ1) is 13.0. The summed E-state index contributed by atoms with van der Waals surface area (Å²) in [5.74, 6) is 0.142. The van der Waals surface area contributed by atoms with Gasteiger partial charge in [-0.1, -0.05) is 0 Å². The van der Waals surface area contributed by atoms with Crippen molar-refractivity contribution in [3.63, 3.8) is 0 Å². The molecular formula is C10H5Br3OS2. The molecule has 6 heteroatoms. The minimum absolute atomic E-state index is 0.142. The molecule has 2 heterocycles. The minimum Gasteiger partial charge on any atom is -0.294 e. The summed E-state index contributed by atoms with van der Waals surface area (Å²) < 4.78 is 2.91. The average Bonchev–Trinajstić information content (AvgIpc) is 2.73. The number of rotatable bonds is 3. The molecule has 0 amide bonds. The topological polar surface area (TPSA) is 17.1 Å². The van der Waals surface area contributed by atoms with Crippen molar-refractivity contribution in [3.05, 3.63) is 40.0 Å². The van der Waals surface area contributed by atoms with Crippen LogP contribution in [-0.2, 0) is 6.42 Å². The number of thiophene rings is 2. The maximum Gasteiger partial charge on any atom is 0.170 e. The SMILES string of the molecule is O=C(Cc1ccc(Br)s1)c1cc(Br)sc1Br. The lowest BCUT2D eigenvalue weighted by Gasteiger charge is -1.96. The van der Waals surface area contributed by atoms with Gasteiger partial charge in [-0.25, -0.2) is 0 Å². The number of hydrogen-bond donors (Lipinski definition) is 0. The Balaban J connectivity index is 2.17. The van der Waals surface area contributed by atoms with Crippen LogP contribution in [0, 0.1) is 0 Å². The molecule has 0 aliphatic rings. The van der Waals surface area contributed by atoms with Crippen LogP contribution in [0.1, 0.15) is 15.2 Å². The quantitative estimate of drug-likeness (QED) is 0.569. The van der Waals surface area contributed by atoms with E-state index in [9.17, 15) is 4.79 Å². The number of carbonyl (C=O) groups excluding carboxylic acids is 1. The average molecular weight is 445 g/mol. The van der Waals surface area contributed by atoms with Crippen molar-refractivity contribution >= 4 is 76.2 Å². The Morgan fingerprint density at radius 3 is 2.38 bits per heavy atom. The molecule has 0 aliphatic heterocycles. The molecule has 0 fully saturated rings. The molecule has 0 atom stereocenters. The molecule has 2 rings (SSSR count). The summed E-state index contributed by atoms with van der Waals surface area (Å²) in [5.41, 5.74) is 0.751. The van der Waals surface area contributed by atoms with Crippen molar-refractivity contribution in [2.24, 2.45) is 0 Å². The highest BCUT2D eigenvalue weighted by molar-refractivity contribution is 9.12. The van der Waals surface area contributed by atoms with Crippen molar-refractivity contribution in [1.29, 1.82) is 0 Å². The van der Waals surface area contributed by atoms with Gasteiger partial charge in [0.2, 0.25) is 0 Å². The number of carbonyl (C=O) groups is 1. The lowest BCUT2D eigenvalue weighted by atomic mass is 10.1. The molecule has 0 aliphatic carbocycles. The second-order valence-electron chi connectivity index (χ2n) is 3.04. The molecule has 0 saturated heterocycles. The zero-order chi connectivity index (χ0) is 11.7. The van der Waals surface area contributed by atoms with Crippen LogP contribution in [0.2, 0.25) is 0 Å². The number of halogens is 3. The van der Waals surface area contributed by atoms with E-state index in [4.69, 9.17) is 0 Å². The van der Waals surface area contributed by atoms with E-state index in [2.05, 4.69) is 47.8 Å². The zero-order valence-corrected chi connectivity index (χ0v) is 14.2. The highest BCUT2D eigenvalue weighted by Crippen LogP contribution is 2.33. The summed E-state index contributed by atoms with van der Waals surface area (Å²) in [6.07, 6.45) is 0.456. The van der Waals surface area contributed by atoms with Gasteiger partial charge in [-0.05, 0) is 66.0 Å². The van der Waals surface area contributed by atoms with E-state index < -0.39 is 0 Å². The maximum absolute atomic E-state index is 12.0. The molecular weight excluding hydrogens is 440 g/mol. The molecule has 84 valence electrons. The third kappa shape index (κ3) is 3.04. The lowest BCUT2D eigenvalue weighted by molar-refractivity contribution is 0.0993. The summed E-state index contributed by atoms with van der Waals surface area (Å²) in [5, 5.41) is 0. The van der Waals surface area contributed by atoms with Gasteiger partial charge >= 0.3 is 0 Å². The van der Waals surface area contributed by atoms with Crippen molar-refractivity contribution in [1.82, 2.24) is 0 Å². The van der Waals surface area contributed by atoms with Gasteiger partial charge in [0.05, 0.1) is 11.4 Å². The number of ketones is 1. The van der Waals surface area contributed by atoms with Crippen molar-refractivity contribution < 1.29 is 4.79 Å². The number of hydrogen-bond acceptors (Lipinski definition) is 3. The van der Waals surface area contributed by atoms with E-state index in [0.29, 0.717) is 6.42 Å². The maximum atomic E-state index is 12.0. The Kier molecular flexibility index (Phi) is 4.40.